The molecule has 6 heteroatoms. The van der Waals surface area contributed by atoms with Gasteiger partial charge in [-0.25, -0.2) is 14.4 Å². The quantitative estimate of drug-likeness (QED) is 0.231. The van der Waals surface area contributed by atoms with E-state index in [0.717, 1.165) is 27.5 Å². The summed E-state index contributed by atoms with van der Waals surface area (Å²) in [6.07, 6.45) is 0. The molecule has 5 aromatic carbocycles. The molecule has 0 aromatic heterocycles. The number of hydrogen-bond donors (Lipinski definition) is 1. The minimum atomic E-state index is -3.32. The van der Waals surface area contributed by atoms with Gasteiger partial charge in [0.25, 0.3) is 7.59 Å². The van der Waals surface area contributed by atoms with Crippen molar-refractivity contribution in [3.05, 3.63) is 132 Å². The van der Waals surface area contributed by atoms with Crippen molar-refractivity contribution >= 4 is 29.1 Å². The Kier molecular flexibility index (Phi) is 6.81. The predicted molar refractivity (Wildman–Crippen MR) is 154 cm³/mol. The molecule has 0 unspecified atom stereocenters. The first-order chi connectivity index (χ1) is 18.7. The number of benzene rings is 5. The molecule has 38 heavy (non-hydrogen) atoms. The lowest BCUT2D eigenvalue weighted by molar-refractivity contribution is 0.416. The molecule has 5 nitrogen and oxygen atoms in total. The number of rotatable bonds is 7. The third-order valence-electron chi connectivity index (χ3n) is 7.41. The smallest absolute Gasteiger partial charge is 0.270 e. The highest BCUT2D eigenvalue weighted by Gasteiger charge is 2.44. The van der Waals surface area contributed by atoms with Crippen LogP contribution in [0, 0.1) is 11.3 Å². The summed E-state index contributed by atoms with van der Waals surface area (Å²) < 4.78 is 19.2. The second-order valence-electron chi connectivity index (χ2n) is 9.70. The molecule has 6 rings (SSSR count). The van der Waals surface area contributed by atoms with Crippen molar-refractivity contribution in [1.82, 2.24) is 14.4 Å². The summed E-state index contributed by atoms with van der Waals surface area (Å²) in [6.45, 7) is 2.35. The Labute approximate surface area is 223 Å². The average molecular weight is 517 g/mol. The van der Waals surface area contributed by atoms with Gasteiger partial charge in [0.05, 0.1) is 6.07 Å². The second kappa shape index (κ2) is 10.5. The van der Waals surface area contributed by atoms with Crippen LogP contribution in [-0.4, -0.2) is 22.4 Å². The molecule has 1 N–H and O–H groups in total. The largest absolute Gasteiger partial charge is 0.286 e. The zero-order valence-corrected chi connectivity index (χ0v) is 22.0. The van der Waals surface area contributed by atoms with E-state index in [9.17, 15) is 5.26 Å². The average Bonchev–Trinajstić information content (AvgIpc) is 3.26. The third kappa shape index (κ3) is 4.65. The van der Waals surface area contributed by atoms with E-state index in [4.69, 9.17) is 0 Å². The van der Waals surface area contributed by atoms with Gasteiger partial charge in [0.1, 0.15) is 6.04 Å². The van der Waals surface area contributed by atoms with Gasteiger partial charge in [0.2, 0.25) is 0 Å². The monoisotopic (exact) mass is 516 g/mol. The lowest BCUT2D eigenvalue weighted by Crippen LogP contribution is -2.31. The predicted octanol–water partition coefficient (Wildman–Crippen LogP) is 7.27. The van der Waals surface area contributed by atoms with Crippen LogP contribution in [0.25, 0.3) is 21.5 Å². The van der Waals surface area contributed by atoms with Crippen molar-refractivity contribution in [2.75, 3.05) is 13.1 Å². The molecule has 1 aliphatic heterocycles. The number of hydrogen-bond acceptors (Lipinski definition) is 2. The zero-order chi connectivity index (χ0) is 26.0. The van der Waals surface area contributed by atoms with Crippen LogP contribution < -0.4 is 5.09 Å². The SMILES string of the molecule is N#C[C@@H](NP1(=O)N(Cc2cccc3ccccc23)CCN1Cc1cccc2ccccc12)c1ccccc1. The van der Waals surface area contributed by atoms with Gasteiger partial charge in [-0.2, -0.15) is 5.26 Å². The van der Waals surface area contributed by atoms with Crippen LogP contribution in [0.15, 0.2) is 115 Å². The summed E-state index contributed by atoms with van der Waals surface area (Å²) in [5, 5.41) is 18.1. The zero-order valence-electron chi connectivity index (χ0n) is 21.1. The van der Waals surface area contributed by atoms with E-state index in [-0.39, 0.29) is 0 Å². The van der Waals surface area contributed by atoms with Gasteiger partial charge in [-0.05, 0) is 38.2 Å². The first-order valence-corrected chi connectivity index (χ1v) is 14.5. The molecule has 188 valence electrons. The van der Waals surface area contributed by atoms with Crippen molar-refractivity contribution in [2.45, 2.75) is 19.1 Å². The fourth-order valence-electron chi connectivity index (χ4n) is 5.44. The molecule has 0 saturated carbocycles. The highest BCUT2D eigenvalue weighted by molar-refractivity contribution is 7.57. The van der Waals surface area contributed by atoms with Gasteiger partial charge < -0.3 is 0 Å². The molecule has 0 spiro atoms. The van der Waals surface area contributed by atoms with Crippen LogP contribution in [0.1, 0.15) is 22.7 Å². The van der Waals surface area contributed by atoms with Crippen molar-refractivity contribution in [1.29, 1.82) is 5.26 Å². The van der Waals surface area contributed by atoms with E-state index in [2.05, 4.69) is 71.8 Å². The number of fused-ring (bicyclic) bond motifs is 2. The highest BCUT2D eigenvalue weighted by Crippen LogP contribution is 2.56. The molecular formula is C32H29N4OP. The van der Waals surface area contributed by atoms with Crippen molar-refractivity contribution in [3.63, 3.8) is 0 Å². The van der Waals surface area contributed by atoms with Gasteiger partial charge in [-0.1, -0.05) is 115 Å². The summed E-state index contributed by atoms with van der Waals surface area (Å²) in [5.41, 5.74) is 3.07. The molecule has 0 amide bonds. The van der Waals surface area contributed by atoms with Crippen molar-refractivity contribution < 1.29 is 4.57 Å². The summed E-state index contributed by atoms with van der Waals surface area (Å²) in [7, 11) is -3.32. The van der Waals surface area contributed by atoms with E-state index in [1.807, 2.05) is 63.9 Å². The summed E-state index contributed by atoms with van der Waals surface area (Å²) >= 11 is 0. The molecule has 0 aliphatic carbocycles. The molecule has 1 atom stereocenters. The molecule has 1 fully saturated rings. The van der Waals surface area contributed by atoms with E-state index in [1.54, 1.807) is 0 Å². The third-order valence-corrected chi connectivity index (χ3v) is 10.2. The maximum atomic E-state index is 15.1. The Bertz CT molecular complexity index is 1580. The van der Waals surface area contributed by atoms with Crippen LogP contribution in [-0.2, 0) is 17.7 Å². The van der Waals surface area contributed by atoms with Crippen molar-refractivity contribution in [2.24, 2.45) is 0 Å². The molecule has 1 heterocycles. The van der Waals surface area contributed by atoms with Gasteiger partial charge >= 0.3 is 0 Å². The normalized spacial score (nSPS) is 16.5. The Morgan fingerprint density at radius 1 is 0.684 bits per heavy atom. The second-order valence-corrected chi connectivity index (χ2v) is 12.2. The highest BCUT2D eigenvalue weighted by atomic mass is 31.2. The maximum Gasteiger partial charge on any atom is 0.286 e. The van der Waals surface area contributed by atoms with Crippen LogP contribution in [0.4, 0.5) is 0 Å². The van der Waals surface area contributed by atoms with Crippen LogP contribution >= 0.6 is 7.59 Å². The number of nitrogens with zero attached hydrogens (tertiary/aromatic N) is 3. The Morgan fingerprint density at radius 2 is 1.16 bits per heavy atom. The maximum absolute atomic E-state index is 15.1. The summed E-state index contributed by atoms with van der Waals surface area (Å²) in [4.78, 5) is 0. The molecule has 5 aromatic rings. The molecule has 0 bridgehead atoms. The summed E-state index contributed by atoms with van der Waals surface area (Å²) in [6, 6.07) is 40.4. The summed E-state index contributed by atoms with van der Waals surface area (Å²) in [5.74, 6) is 0. The first kappa shape index (κ1) is 24.6. The van der Waals surface area contributed by atoms with E-state index in [0.29, 0.717) is 26.2 Å². The lowest BCUT2D eigenvalue weighted by Gasteiger charge is -2.33. The Balaban J connectivity index is 1.38. The fraction of sp³-hybridized carbons (Fsp3) is 0.156. The van der Waals surface area contributed by atoms with Gasteiger partial charge in [-0.3, -0.25) is 4.57 Å². The Morgan fingerprint density at radius 3 is 1.68 bits per heavy atom. The van der Waals surface area contributed by atoms with Crippen molar-refractivity contribution in [3.8, 4) is 6.07 Å². The minimum Gasteiger partial charge on any atom is -0.270 e. The van der Waals surface area contributed by atoms with Crippen LogP contribution in [0.3, 0.4) is 0 Å². The van der Waals surface area contributed by atoms with Gasteiger partial charge in [0, 0.05) is 26.2 Å². The lowest BCUT2D eigenvalue weighted by atomic mass is 10.0. The standard InChI is InChI=1S/C32H29N4OP/c33-22-32(27-12-2-1-3-13-27)34-38(37)35(23-28-16-8-14-25-10-4-6-18-30(25)28)20-21-36(38)24-29-17-9-15-26-11-5-7-19-31(26)29/h1-19,32H,20-21,23-24H2,(H,34,37)/t32-/m1/s1. The van der Waals surface area contributed by atoms with E-state index >= 15 is 4.57 Å². The topological polar surface area (TPSA) is 59.4 Å². The first-order valence-electron chi connectivity index (χ1n) is 12.9. The van der Waals surface area contributed by atoms with E-state index in [1.165, 1.54) is 10.8 Å². The number of nitriles is 1. The minimum absolute atomic E-state index is 0.532. The van der Waals surface area contributed by atoms with E-state index < -0.39 is 13.6 Å². The van der Waals surface area contributed by atoms with Gasteiger partial charge in [-0.15, -0.1) is 0 Å². The number of nitrogens with one attached hydrogen (secondary N) is 1. The Hall–Kier alpha value is -3.78. The van der Waals surface area contributed by atoms with Crippen LogP contribution in [0.5, 0.6) is 0 Å². The molecule has 1 aliphatic rings. The molecule has 0 radical (unpaired) electrons. The van der Waals surface area contributed by atoms with Crippen LogP contribution in [0.2, 0.25) is 0 Å². The van der Waals surface area contributed by atoms with Gasteiger partial charge in [0.15, 0.2) is 0 Å². The molecular weight excluding hydrogens is 487 g/mol. The fourth-order valence-corrected chi connectivity index (χ4v) is 8.08. The molecule has 1 saturated heterocycles.